The van der Waals surface area contributed by atoms with Gasteiger partial charge in [0.25, 0.3) is 5.56 Å². The second-order valence-electron chi connectivity index (χ2n) is 9.57. The van der Waals surface area contributed by atoms with E-state index in [1.165, 1.54) is 4.57 Å². The van der Waals surface area contributed by atoms with Gasteiger partial charge in [-0.05, 0) is 11.8 Å². The van der Waals surface area contributed by atoms with Gasteiger partial charge in [-0.1, -0.05) is 0 Å². The molecule has 0 saturated carbocycles. The van der Waals surface area contributed by atoms with Crippen LogP contribution in [0.3, 0.4) is 0 Å². The minimum Gasteiger partial charge on any atom is -0.395 e. The fourth-order valence-corrected chi connectivity index (χ4v) is 7.97. The smallest absolute Gasteiger partial charge is 0.326 e. The van der Waals surface area contributed by atoms with Crippen molar-refractivity contribution < 1.29 is 38.4 Å². The number of rotatable bonds is 8. The number of fused-ring (bicyclic) bond motifs is 2. The zero-order valence-corrected chi connectivity index (χ0v) is 23.7. The van der Waals surface area contributed by atoms with E-state index >= 15 is 4.39 Å². The Bertz CT molecular complexity index is 1780. The Balaban J connectivity index is 1.25. The summed E-state index contributed by atoms with van der Waals surface area (Å²) in [5.41, 5.74) is 8.84. The number of nitrogens with two attached hydrogens (primary N) is 2. The number of nitrogens with zero attached hydrogens (tertiary/aromatic N) is 7. The molecule has 6 heterocycles. The number of nitrogens with one attached hydrogen (secondary N) is 1. The summed E-state index contributed by atoms with van der Waals surface area (Å²) >= 11 is 6.33. The largest absolute Gasteiger partial charge is 0.395 e. The monoisotopic (exact) mass is 646 g/mol. The van der Waals surface area contributed by atoms with Crippen molar-refractivity contribution in [2.24, 2.45) is 0 Å². The maximum Gasteiger partial charge on any atom is 0.326 e. The first-order valence-electron chi connectivity index (χ1n) is 12.1. The van der Waals surface area contributed by atoms with Crippen molar-refractivity contribution in [3.8, 4) is 0 Å². The van der Waals surface area contributed by atoms with Crippen LogP contribution < -0.4 is 17.0 Å². The molecule has 18 nitrogen and oxygen atoms in total. The van der Waals surface area contributed by atoms with Gasteiger partial charge in [-0.25, -0.2) is 24.3 Å². The van der Waals surface area contributed by atoms with Gasteiger partial charge in [-0.15, -0.1) is 11.8 Å². The van der Waals surface area contributed by atoms with Gasteiger partial charge >= 0.3 is 6.72 Å². The Kier molecular flexibility index (Phi) is 7.24. The van der Waals surface area contributed by atoms with Gasteiger partial charge in [-0.2, -0.15) is 4.98 Å². The molecule has 0 radical (unpaired) electrons. The summed E-state index contributed by atoms with van der Waals surface area (Å²) in [6, 6.07) is 0. The summed E-state index contributed by atoms with van der Waals surface area (Å²) in [5.74, 6) is -2.85. The standard InChI is InChI=1S/C20H24FN10O8PS2/c21-19(30-6-26-10-14(22)24-5-25-15(10)30)3-37-8(12(19)33)2-38-40(36,41)39-20(4-42-9(1-32)13(20)34)31-7-27-11-16(31)28-18(23)29-17(11)35/h5-9,12-13,32-34H,1-4H2,(H,36,41)(H2,22,24,25)(H3,23,28,29,35)/t8-,9-,12-,13-,19-,20+,40?/m1/s1. The third-order valence-electron chi connectivity index (χ3n) is 7.07. The van der Waals surface area contributed by atoms with E-state index in [4.69, 9.17) is 37.1 Å². The first-order chi connectivity index (χ1) is 19.9. The summed E-state index contributed by atoms with van der Waals surface area (Å²) in [6.07, 6.45) is -1.29. The molecule has 0 amide bonds. The molecule has 0 bridgehead atoms. The second kappa shape index (κ2) is 10.4. The molecule has 1 unspecified atom stereocenters. The Morgan fingerprint density at radius 1 is 1.19 bits per heavy atom. The van der Waals surface area contributed by atoms with E-state index in [0.717, 1.165) is 35.3 Å². The lowest BCUT2D eigenvalue weighted by molar-refractivity contribution is -0.101. The minimum atomic E-state index is -4.34. The molecule has 7 atom stereocenters. The summed E-state index contributed by atoms with van der Waals surface area (Å²) in [4.78, 5) is 45.7. The van der Waals surface area contributed by atoms with E-state index in [1.807, 2.05) is 0 Å². The van der Waals surface area contributed by atoms with Crippen molar-refractivity contribution in [2.45, 2.75) is 35.1 Å². The number of aromatic amines is 1. The highest BCUT2D eigenvalue weighted by Gasteiger charge is 2.56. The first kappa shape index (κ1) is 29.2. The molecule has 4 aromatic rings. The van der Waals surface area contributed by atoms with E-state index in [-0.39, 0.29) is 39.8 Å². The van der Waals surface area contributed by atoms with Gasteiger partial charge in [-0.3, -0.25) is 23.4 Å². The molecule has 22 heteroatoms. The molecule has 6 rings (SSSR count). The fraction of sp³-hybridized carbons (Fsp3) is 0.500. The number of aliphatic hydroxyl groups excluding tert-OH is 3. The molecule has 2 aliphatic heterocycles. The Hall–Kier alpha value is -2.85. The maximum absolute atomic E-state index is 16.1. The highest BCUT2D eigenvalue weighted by Crippen LogP contribution is 2.55. The zero-order valence-electron chi connectivity index (χ0n) is 21.2. The number of thioether (sulfide) groups is 1. The highest BCUT2D eigenvalue weighted by molar-refractivity contribution is 8.07. The zero-order chi connectivity index (χ0) is 30.0. The van der Waals surface area contributed by atoms with Gasteiger partial charge in [0.1, 0.15) is 36.8 Å². The van der Waals surface area contributed by atoms with Crippen molar-refractivity contribution in [3.63, 3.8) is 0 Å². The number of imidazole rings is 2. The van der Waals surface area contributed by atoms with Crippen molar-refractivity contribution in [1.82, 2.24) is 39.0 Å². The molecule has 2 saturated heterocycles. The van der Waals surface area contributed by atoms with Crippen LogP contribution in [0.15, 0.2) is 23.8 Å². The number of ether oxygens (including phenoxy) is 1. The van der Waals surface area contributed by atoms with Crippen molar-refractivity contribution in [3.05, 3.63) is 29.3 Å². The number of hydrogen-bond acceptors (Lipinski definition) is 16. The highest BCUT2D eigenvalue weighted by atomic mass is 32.5. The van der Waals surface area contributed by atoms with Crippen LogP contribution in [0.5, 0.6) is 0 Å². The van der Waals surface area contributed by atoms with Crippen molar-refractivity contribution in [1.29, 1.82) is 0 Å². The summed E-state index contributed by atoms with van der Waals surface area (Å²) in [5, 5.41) is 31.1. The molecule has 2 aliphatic rings. The van der Waals surface area contributed by atoms with Gasteiger partial charge in [0.05, 0.1) is 31.1 Å². The SMILES string of the molecule is Nc1nc2c(ncn2[C@]2(OP(O)(=S)OC[C@H]3OC[C@@](F)(n4cnc5c(N)ncnc54)[C@@H]3O)CS[C@H](CO)[C@H]2O)c(=O)[nH]1. The van der Waals surface area contributed by atoms with Gasteiger partial charge in [0.15, 0.2) is 28.4 Å². The lowest BCUT2D eigenvalue weighted by atomic mass is 10.1. The summed E-state index contributed by atoms with van der Waals surface area (Å²) in [6.45, 7) is -6.05. The molecule has 42 heavy (non-hydrogen) atoms. The van der Waals surface area contributed by atoms with Crippen LogP contribution in [0, 0.1) is 0 Å². The van der Waals surface area contributed by atoms with Crippen molar-refractivity contribution >= 4 is 64.4 Å². The Morgan fingerprint density at radius 3 is 2.67 bits per heavy atom. The number of alkyl halides is 1. The molecular formula is C20H24FN10O8PS2. The lowest BCUT2D eigenvalue weighted by Crippen LogP contribution is -2.48. The van der Waals surface area contributed by atoms with Gasteiger partial charge in [0.2, 0.25) is 11.7 Å². The van der Waals surface area contributed by atoms with Crippen LogP contribution in [0.25, 0.3) is 22.3 Å². The van der Waals surface area contributed by atoms with Gasteiger partial charge < -0.3 is 40.9 Å². The molecule has 0 aromatic carbocycles. The number of aromatic nitrogens is 8. The number of anilines is 2. The van der Waals surface area contributed by atoms with E-state index in [0.29, 0.717) is 0 Å². The molecule has 9 N–H and O–H groups in total. The van der Waals surface area contributed by atoms with Crippen LogP contribution in [-0.2, 0) is 37.1 Å². The van der Waals surface area contributed by atoms with E-state index in [1.54, 1.807) is 0 Å². The van der Waals surface area contributed by atoms with E-state index < -0.39 is 67.2 Å². The predicted octanol–water partition coefficient (Wildman–Crippen LogP) is -2.12. The molecule has 0 spiro atoms. The summed E-state index contributed by atoms with van der Waals surface area (Å²) in [7, 11) is 0. The predicted molar refractivity (Wildman–Crippen MR) is 148 cm³/mol. The summed E-state index contributed by atoms with van der Waals surface area (Å²) < 4.78 is 35.1. The normalized spacial score (nSPS) is 31.3. The topological polar surface area (TPSA) is 268 Å². The quantitative estimate of drug-likeness (QED) is 0.101. The molecular weight excluding hydrogens is 622 g/mol. The minimum absolute atomic E-state index is 0.0200. The van der Waals surface area contributed by atoms with Crippen LogP contribution >= 0.6 is 18.5 Å². The number of hydrogen-bond donors (Lipinski definition) is 7. The van der Waals surface area contributed by atoms with Crippen LogP contribution in [-0.4, -0.2) is 108 Å². The van der Waals surface area contributed by atoms with Crippen LogP contribution in [0.2, 0.25) is 0 Å². The van der Waals surface area contributed by atoms with Crippen molar-refractivity contribution in [2.75, 3.05) is 37.0 Å². The number of H-pyrrole nitrogens is 1. The first-order valence-corrected chi connectivity index (χ1v) is 15.8. The Labute approximate surface area is 243 Å². The Morgan fingerprint density at radius 2 is 1.93 bits per heavy atom. The molecule has 0 aliphatic carbocycles. The molecule has 2 fully saturated rings. The fourth-order valence-electron chi connectivity index (χ4n) is 4.94. The average molecular weight is 647 g/mol. The number of halogens is 1. The number of aliphatic hydroxyl groups is 3. The van der Waals surface area contributed by atoms with Crippen LogP contribution in [0.4, 0.5) is 16.2 Å². The second-order valence-corrected chi connectivity index (χ2v) is 13.6. The average Bonchev–Trinajstić information content (AvgIpc) is 3.70. The van der Waals surface area contributed by atoms with E-state index in [2.05, 4.69) is 29.9 Å². The lowest BCUT2D eigenvalue weighted by Gasteiger charge is -2.36. The number of nitrogen functional groups attached to an aromatic ring is 2. The molecule has 226 valence electrons. The van der Waals surface area contributed by atoms with Gasteiger partial charge in [0, 0.05) is 5.75 Å². The van der Waals surface area contributed by atoms with E-state index in [9.17, 15) is 25.0 Å². The van der Waals surface area contributed by atoms with Crippen LogP contribution in [0.1, 0.15) is 0 Å². The molecule has 4 aromatic heterocycles. The third-order valence-corrected chi connectivity index (χ3v) is 10.1. The third kappa shape index (κ3) is 4.56. The maximum atomic E-state index is 16.1.